The van der Waals surface area contributed by atoms with Crippen LogP contribution in [0.25, 0.3) is 0 Å². The molecule has 0 aromatic heterocycles. The Labute approximate surface area is 117 Å². The van der Waals surface area contributed by atoms with Crippen molar-refractivity contribution < 1.29 is 0 Å². The van der Waals surface area contributed by atoms with Crippen molar-refractivity contribution in [3.8, 4) is 0 Å². The lowest BCUT2D eigenvalue weighted by Crippen LogP contribution is -2.55. The Bertz CT molecular complexity index is 268. The fourth-order valence-electron chi connectivity index (χ4n) is 3.50. The first-order chi connectivity index (χ1) is 8.72. The van der Waals surface area contributed by atoms with Crippen molar-refractivity contribution in [1.82, 2.24) is 9.80 Å². The smallest absolute Gasteiger partial charge is 0.0901 e. The Balaban J connectivity index is 1.81. The summed E-state index contributed by atoms with van der Waals surface area (Å²) in [5, 5.41) is 0. The molecular weight excluding hydrogens is 242 g/mol. The second kappa shape index (κ2) is 6.83. The molecule has 0 bridgehead atoms. The Morgan fingerprint density at radius 3 is 2.28 bits per heavy atom. The maximum atomic E-state index is 5.83. The third kappa shape index (κ3) is 3.43. The minimum absolute atomic E-state index is 0.313. The van der Waals surface area contributed by atoms with Gasteiger partial charge in [0, 0.05) is 32.2 Å². The molecule has 0 spiro atoms. The van der Waals surface area contributed by atoms with Gasteiger partial charge in [-0.2, -0.15) is 0 Å². The van der Waals surface area contributed by atoms with Crippen LogP contribution in [0.15, 0.2) is 0 Å². The van der Waals surface area contributed by atoms with Crippen LogP contribution in [0.1, 0.15) is 45.4 Å². The lowest BCUT2D eigenvalue weighted by atomic mass is 9.93. The highest BCUT2D eigenvalue weighted by atomic mass is 32.1. The third-order valence-electron chi connectivity index (χ3n) is 4.60. The van der Waals surface area contributed by atoms with Crippen LogP contribution in [0, 0.1) is 0 Å². The van der Waals surface area contributed by atoms with Crippen molar-refractivity contribution in [2.24, 2.45) is 5.73 Å². The van der Waals surface area contributed by atoms with Crippen LogP contribution < -0.4 is 5.73 Å². The standard InChI is InChI=1S/C14H27N3S/c1-2-13(14(15)18)17-10-8-16(9-11-17)12-6-4-3-5-7-12/h12-13H,2-11H2,1H3,(H2,15,18). The number of rotatable bonds is 4. The van der Waals surface area contributed by atoms with Crippen molar-refractivity contribution in [2.45, 2.75) is 57.5 Å². The van der Waals surface area contributed by atoms with Crippen molar-refractivity contribution in [1.29, 1.82) is 0 Å². The summed E-state index contributed by atoms with van der Waals surface area (Å²) < 4.78 is 0. The normalized spacial score (nSPS) is 26.1. The van der Waals surface area contributed by atoms with Gasteiger partial charge in [-0.05, 0) is 19.3 Å². The number of nitrogens with zero attached hydrogens (tertiary/aromatic N) is 2. The minimum atomic E-state index is 0.313. The van der Waals surface area contributed by atoms with Gasteiger partial charge in [0.2, 0.25) is 0 Å². The van der Waals surface area contributed by atoms with Crippen LogP contribution in [0.3, 0.4) is 0 Å². The molecule has 2 fully saturated rings. The molecule has 3 nitrogen and oxygen atoms in total. The van der Waals surface area contributed by atoms with Crippen LogP contribution in [-0.2, 0) is 0 Å². The zero-order valence-corrected chi connectivity index (χ0v) is 12.4. The first-order valence-electron chi connectivity index (χ1n) is 7.49. The molecule has 0 aromatic carbocycles. The molecule has 104 valence electrons. The van der Waals surface area contributed by atoms with Gasteiger partial charge in [0.05, 0.1) is 11.0 Å². The van der Waals surface area contributed by atoms with Crippen LogP contribution in [0.4, 0.5) is 0 Å². The van der Waals surface area contributed by atoms with Crippen molar-refractivity contribution in [3.63, 3.8) is 0 Å². The highest BCUT2D eigenvalue weighted by Crippen LogP contribution is 2.24. The molecule has 2 aliphatic rings. The second-order valence-corrected chi connectivity index (χ2v) is 6.16. The fraction of sp³-hybridized carbons (Fsp3) is 0.929. The second-order valence-electron chi connectivity index (χ2n) is 5.69. The molecule has 0 amide bonds. The largest absolute Gasteiger partial charge is 0.392 e. The van der Waals surface area contributed by atoms with E-state index in [1.807, 2.05) is 0 Å². The van der Waals surface area contributed by atoms with E-state index in [4.69, 9.17) is 18.0 Å². The molecule has 1 atom stereocenters. The van der Waals surface area contributed by atoms with E-state index >= 15 is 0 Å². The highest BCUT2D eigenvalue weighted by Gasteiger charge is 2.28. The molecule has 2 rings (SSSR count). The van der Waals surface area contributed by atoms with E-state index in [-0.39, 0.29) is 0 Å². The Hall–Kier alpha value is -0.190. The third-order valence-corrected chi connectivity index (χ3v) is 4.87. The average Bonchev–Trinajstić information content (AvgIpc) is 2.41. The van der Waals surface area contributed by atoms with E-state index in [0.717, 1.165) is 25.6 Å². The van der Waals surface area contributed by atoms with E-state index in [0.29, 0.717) is 11.0 Å². The molecule has 0 aromatic rings. The highest BCUT2D eigenvalue weighted by molar-refractivity contribution is 7.80. The van der Waals surface area contributed by atoms with Crippen molar-refractivity contribution in [2.75, 3.05) is 26.2 Å². The minimum Gasteiger partial charge on any atom is -0.392 e. The maximum Gasteiger partial charge on any atom is 0.0901 e. The molecule has 1 aliphatic carbocycles. The summed E-state index contributed by atoms with van der Waals surface area (Å²) in [4.78, 5) is 5.84. The van der Waals surface area contributed by atoms with E-state index in [9.17, 15) is 0 Å². The Morgan fingerprint density at radius 1 is 1.17 bits per heavy atom. The summed E-state index contributed by atoms with van der Waals surface area (Å²) in [5.41, 5.74) is 5.83. The fourth-order valence-corrected chi connectivity index (χ4v) is 3.82. The van der Waals surface area contributed by atoms with Gasteiger partial charge in [0.1, 0.15) is 0 Å². The van der Waals surface area contributed by atoms with Gasteiger partial charge in [-0.25, -0.2) is 0 Å². The van der Waals surface area contributed by atoms with Crippen LogP contribution >= 0.6 is 12.2 Å². The number of nitrogens with two attached hydrogens (primary N) is 1. The Morgan fingerprint density at radius 2 is 1.78 bits per heavy atom. The van der Waals surface area contributed by atoms with Gasteiger partial charge >= 0.3 is 0 Å². The summed E-state index contributed by atoms with van der Waals surface area (Å²) in [5.74, 6) is 0. The molecule has 1 saturated heterocycles. The van der Waals surface area contributed by atoms with E-state index in [1.54, 1.807) is 0 Å². The molecule has 1 aliphatic heterocycles. The molecular formula is C14H27N3S. The van der Waals surface area contributed by atoms with E-state index in [1.165, 1.54) is 45.2 Å². The Kier molecular flexibility index (Phi) is 5.39. The average molecular weight is 269 g/mol. The van der Waals surface area contributed by atoms with Gasteiger partial charge in [0.15, 0.2) is 0 Å². The zero-order chi connectivity index (χ0) is 13.0. The SMILES string of the molecule is CCC(C(N)=S)N1CCN(C2CCCCC2)CC1. The molecule has 18 heavy (non-hydrogen) atoms. The van der Waals surface area contributed by atoms with Gasteiger partial charge in [0.25, 0.3) is 0 Å². The zero-order valence-electron chi connectivity index (χ0n) is 11.6. The predicted octanol–water partition coefficient (Wildman–Crippen LogP) is 2.00. The van der Waals surface area contributed by atoms with Crippen molar-refractivity contribution in [3.05, 3.63) is 0 Å². The lowest BCUT2D eigenvalue weighted by molar-refractivity contribution is 0.0694. The van der Waals surface area contributed by atoms with Gasteiger partial charge in [-0.3, -0.25) is 9.80 Å². The molecule has 4 heteroatoms. The lowest BCUT2D eigenvalue weighted by Gasteiger charge is -2.43. The first kappa shape index (κ1) is 14.2. The topological polar surface area (TPSA) is 32.5 Å². The quantitative estimate of drug-likeness (QED) is 0.791. The first-order valence-corrected chi connectivity index (χ1v) is 7.90. The van der Waals surface area contributed by atoms with Crippen LogP contribution in [0.2, 0.25) is 0 Å². The summed E-state index contributed by atoms with van der Waals surface area (Å²) >= 11 is 5.17. The van der Waals surface area contributed by atoms with Crippen LogP contribution in [0.5, 0.6) is 0 Å². The summed E-state index contributed by atoms with van der Waals surface area (Å²) in [6, 6.07) is 1.17. The van der Waals surface area contributed by atoms with Crippen LogP contribution in [-0.4, -0.2) is 53.1 Å². The number of hydrogen-bond acceptors (Lipinski definition) is 3. The molecule has 1 saturated carbocycles. The van der Waals surface area contributed by atoms with Gasteiger partial charge < -0.3 is 5.73 Å². The van der Waals surface area contributed by atoms with Gasteiger partial charge in [-0.1, -0.05) is 38.4 Å². The monoisotopic (exact) mass is 269 g/mol. The molecule has 1 heterocycles. The summed E-state index contributed by atoms with van der Waals surface area (Å²) in [7, 11) is 0. The molecule has 0 radical (unpaired) electrons. The maximum absolute atomic E-state index is 5.83. The number of hydrogen-bond donors (Lipinski definition) is 1. The number of piperazine rings is 1. The van der Waals surface area contributed by atoms with E-state index in [2.05, 4.69) is 16.7 Å². The molecule has 2 N–H and O–H groups in total. The van der Waals surface area contributed by atoms with Crippen molar-refractivity contribution >= 4 is 17.2 Å². The summed E-state index contributed by atoms with van der Waals surface area (Å²) in [6.45, 7) is 6.84. The molecule has 1 unspecified atom stereocenters. The van der Waals surface area contributed by atoms with E-state index < -0.39 is 0 Å². The van der Waals surface area contributed by atoms with Gasteiger partial charge in [-0.15, -0.1) is 0 Å². The number of thiocarbonyl (C=S) groups is 1. The predicted molar refractivity (Wildman–Crippen MR) is 80.9 cm³/mol. The summed E-state index contributed by atoms with van der Waals surface area (Å²) in [6.07, 6.45) is 8.15.